The van der Waals surface area contributed by atoms with E-state index in [2.05, 4.69) is 5.32 Å². The van der Waals surface area contributed by atoms with Crippen LogP contribution in [0, 0.1) is 5.82 Å². The summed E-state index contributed by atoms with van der Waals surface area (Å²) in [4.78, 5) is 13.0. The van der Waals surface area contributed by atoms with E-state index in [-0.39, 0.29) is 18.3 Å². The van der Waals surface area contributed by atoms with Crippen LogP contribution in [-0.2, 0) is 11.3 Å². The number of ether oxygens (including phenoxy) is 1. The van der Waals surface area contributed by atoms with Crippen LogP contribution in [0.15, 0.2) is 48.5 Å². The zero-order valence-corrected chi connectivity index (χ0v) is 12.7. The van der Waals surface area contributed by atoms with E-state index in [4.69, 9.17) is 4.74 Å². The van der Waals surface area contributed by atoms with Gasteiger partial charge in [-0.25, -0.2) is 4.39 Å². The van der Waals surface area contributed by atoms with Gasteiger partial charge in [-0.1, -0.05) is 18.2 Å². The van der Waals surface area contributed by atoms with E-state index in [1.165, 1.54) is 12.1 Å². The summed E-state index contributed by atoms with van der Waals surface area (Å²) in [7, 11) is 3.56. The van der Waals surface area contributed by atoms with Crippen LogP contribution in [0.4, 0.5) is 10.1 Å². The summed E-state index contributed by atoms with van der Waals surface area (Å²) in [6.07, 6.45) is 0. The Morgan fingerprint density at radius 2 is 2.00 bits per heavy atom. The van der Waals surface area contributed by atoms with Crippen molar-refractivity contribution in [2.45, 2.75) is 6.54 Å². The third kappa shape index (κ3) is 4.56. The molecule has 4 nitrogen and oxygen atoms in total. The number of hydrogen-bond acceptors (Lipinski definition) is 2. The largest absolute Gasteiger partial charge is 0.496 e. The lowest BCUT2D eigenvalue weighted by molar-refractivity contribution is -0.885. The third-order valence-electron chi connectivity index (χ3n) is 3.26. The third-order valence-corrected chi connectivity index (χ3v) is 3.26. The molecule has 1 atom stereocenters. The van der Waals surface area contributed by atoms with Crippen molar-refractivity contribution >= 4 is 11.6 Å². The van der Waals surface area contributed by atoms with E-state index in [1.807, 2.05) is 31.3 Å². The molecule has 0 bridgehead atoms. The van der Waals surface area contributed by atoms with E-state index in [0.29, 0.717) is 12.2 Å². The van der Waals surface area contributed by atoms with Gasteiger partial charge in [-0.3, -0.25) is 4.79 Å². The molecule has 0 aliphatic rings. The summed E-state index contributed by atoms with van der Waals surface area (Å²) in [5.41, 5.74) is 1.51. The average Bonchev–Trinajstić information content (AvgIpc) is 2.47. The lowest BCUT2D eigenvalue weighted by atomic mass is 10.2. The van der Waals surface area contributed by atoms with Crippen LogP contribution < -0.4 is 15.0 Å². The molecule has 1 amide bonds. The van der Waals surface area contributed by atoms with Gasteiger partial charge in [0, 0.05) is 11.3 Å². The number of anilines is 1. The van der Waals surface area contributed by atoms with E-state index in [1.54, 1.807) is 19.2 Å². The minimum atomic E-state index is -0.368. The second-order valence-corrected chi connectivity index (χ2v) is 5.18. The van der Waals surface area contributed by atoms with Gasteiger partial charge in [-0.15, -0.1) is 0 Å². The first-order chi connectivity index (χ1) is 10.6. The molecule has 0 fully saturated rings. The fourth-order valence-electron chi connectivity index (χ4n) is 2.28. The number of likely N-dealkylation sites (N-methyl/N-ethyl adjacent to an activating group) is 1. The lowest BCUT2D eigenvalue weighted by Gasteiger charge is -2.15. The van der Waals surface area contributed by atoms with Gasteiger partial charge >= 0.3 is 0 Å². The number of amides is 1. The van der Waals surface area contributed by atoms with Crippen molar-refractivity contribution in [3.05, 3.63) is 59.9 Å². The summed E-state index contributed by atoms with van der Waals surface area (Å²) in [6.45, 7) is 0.954. The number of quaternary nitrogens is 1. The van der Waals surface area contributed by atoms with Crippen LogP contribution in [0.1, 0.15) is 5.56 Å². The molecule has 2 rings (SSSR count). The first kappa shape index (κ1) is 16.0. The molecule has 5 heteroatoms. The summed E-state index contributed by atoms with van der Waals surface area (Å²) < 4.78 is 18.4. The molecule has 2 aromatic carbocycles. The predicted octanol–water partition coefficient (Wildman–Crippen LogP) is 1.49. The molecule has 0 spiro atoms. The molecular weight excluding hydrogens is 283 g/mol. The van der Waals surface area contributed by atoms with Crippen LogP contribution in [0.2, 0.25) is 0 Å². The van der Waals surface area contributed by atoms with Crippen LogP contribution in [-0.4, -0.2) is 26.6 Å². The summed E-state index contributed by atoms with van der Waals surface area (Å²) in [6, 6.07) is 13.6. The SMILES string of the molecule is COc1ccccc1C[NH+](C)CC(=O)Nc1cccc(F)c1. The topological polar surface area (TPSA) is 42.8 Å². The van der Waals surface area contributed by atoms with Crippen LogP contribution in [0.25, 0.3) is 0 Å². The molecule has 22 heavy (non-hydrogen) atoms. The molecule has 0 saturated carbocycles. The molecular formula is C17H20FN2O2+. The van der Waals surface area contributed by atoms with E-state index >= 15 is 0 Å². The van der Waals surface area contributed by atoms with Crippen LogP contribution in [0.3, 0.4) is 0 Å². The first-order valence-electron chi connectivity index (χ1n) is 7.07. The number of para-hydroxylation sites is 1. The Kier molecular flexibility index (Phi) is 5.49. The number of rotatable bonds is 6. The highest BCUT2D eigenvalue weighted by Gasteiger charge is 2.13. The Bertz CT molecular complexity index is 646. The van der Waals surface area contributed by atoms with Gasteiger partial charge in [-0.2, -0.15) is 0 Å². The zero-order chi connectivity index (χ0) is 15.9. The predicted molar refractivity (Wildman–Crippen MR) is 83.5 cm³/mol. The summed E-state index contributed by atoms with van der Waals surface area (Å²) in [5, 5.41) is 2.70. The van der Waals surface area contributed by atoms with Crippen LogP contribution >= 0.6 is 0 Å². The Balaban J connectivity index is 1.91. The number of carbonyl (C=O) groups excluding carboxylic acids is 1. The highest BCUT2D eigenvalue weighted by atomic mass is 19.1. The Hall–Kier alpha value is -2.40. The van der Waals surface area contributed by atoms with Crippen molar-refractivity contribution in [1.82, 2.24) is 0 Å². The normalized spacial score (nSPS) is 11.8. The molecule has 2 aromatic rings. The molecule has 0 aromatic heterocycles. The van der Waals surface area contributed by atoms with Gasteiger partial charge in [-0.05, 0) is 30.3 Å². The molecule has 0 aliphatic carbocycles. The van der Waals surface area contributed by atoms with Gasteiger partial charge < -0.3 is 15.0 Å². The highest BCUT2D eigenvalue weighted by molar-refractivity contribution is 5.91. The Morgan fingerprint density at radius 3 is 2.73 bits per heavy atom. The molecule has 0 aliphatic heterocycles. The molecule has 0 saturated heterocycles. The molecule has 1 unspecified atom stereocenters. The maximum Gasteiger partial charge on any atom is 0.279 e. The van der Waals surface area contributed by atoms with Crippen molar-refractivity contribution in [1.29, 1.82) is 0 Å². The van der Waals surface area contributed by atoms with Crippen molar-refractivity contribution in [3.63, 3.8) is 0 Å². The van der Waals surface area contributed by atoms with Gasteiger partial charge in [0.15, 0.2) is 6.54 Å². The number of halogens is 1. The zero-order valence-electron chi connectivity index (χ0n) is 12.7. The molecule has 116 valence electrons. The summed E-state index contributed by atoms with van der Waals surface area (Å²) in [5.74, 6) is 0.290. The second-order valence-electron chi connectivity index (χ2n) is 5.18. The fourth-order valence-corrected chi connectivity index (χ4v) is 2.28. The van der Waals surface area contributed by atoms with E-state index < -0.39 is 0 Å². The Labute approximate surface area is 129 Å². The van der Waals surface area contributed by atoms with Crippen molar-refractivity contribution in [3.8, 4) is 5.75 Å². The van der Waals surface area contributed by atoms with Crippen LogP contribution in [0.5, 0.6) is 5.75 Å². The van der Waals surface area contributed by atoms with Crippen molar-refractivity contribution in [2.75, 3.05) is 26.0 Å². The minimum absolute atomic E-state index is 0.155. The fraction of sp³-hybridized carbons (Fsp3) is 0.235. The maximum atomic E-state index is 13.1. The first-order valence-corrected chi connectivity index (χ1v) is 7.07. The standard InChI is InChI=1S/C17H19FN2O2/c1-20(11-13-6-3-4-9-16(13)22-2)12-17(21)19-15-8-5-7-14(18)10-15/h3-10H,11-12H2,1-2H3,(H,19,21)/p+1. The smallest absolute Gasteiger partial charge is 0.279 e. The van der Waals surface area contributed by atoms with E-state index in [0.717, 1.165) is 16.2 Å². The lowest BCUT2D eigenvalue weighted by Crippen LogP contribution is -3.08. The molecule has 0 heterocycles. The average molecular weight is 303 g/mol. The second kappa shape index (κ2) is 7.56. The van der Waals surface area contributed by atoms with E-state index in [9.17, 15) is 9.18 Å². The molecule has 2 N–H and O–H groups in total. The minimum Gasteiger partial charge on any atom is -0.496 e. The van der Waals surface area contributed by atoms with Gasteiger partial charge in [0.05, 0.1) is 14.2 Å². The maximum absolute atomic E-state index is 13.1. The van der Waals surface area contributed by atoms with Gasteiger partial charge in [0.2, 0.25) is 0 Å². The quantitative estimate of drug-likeness (QED) is 0.849. The number of benzene rings is 2. The number of methoxy groups -OCH3 is 1. The molecule has 0 radical (unpaired) electrons. The van der Waals surface area contributed by atoms with Gasteiger partial charge in [0.25, 0.3) is 5.91 Å². The van der Waals surface area contributed by atoms with Crippen molar-refractivity contribution in [2.24, 2.45) is 0 Å². The number of hydrogen-bond donors (Lipinski definition) is 2. The number of nitrogens with one attached hydrogen (secondary N) is 2. The summed E-state index contributed by atoms with van der Waals surface area (Å²) >= 11 is 0. The Morgan fingerprint density at radius 1 is 1.23 bits per heavy atom. The highest BCUT2D eigenvalue weighted by Crippen LogP contribution is 2.15. The van der Waals surface area contributed by atoms with Crippen molar-refractivity contribution < 1.29 is 18.8 Å². The van der Waals surface area contributed by atoms with Gasteiger partial charge in [0.1, 0.15) is 18.1 Å². The number of carbonyl (C=O) groups is 1. The monoisotopic (exact) mass is 303 g/mol.